The van der Waals surface area contributed by atoms with Gasteiger partial charge in [0.05, 0.1) is 18.7 Å². The van der Waals surface area contributed by atoms with Crippen LogP contribution in [0.25, 0.3) is 6.08 Å². The summed E-state index contributed by atoms with van der Waals surface area (Å²) in [4.78, 5) is 11.8. The molecule has 1 rings (SSSR count). The van der Waals surface area contributed by atoms with Crippen LogP contribution < -0.4 is 4.74 Å². The molecular weight excluding hydrogens is 238 g/mol. The highest BCUT2D eigenvalue weighted by atomic mass is 16.5. The van der Waals surface area contributed by atoms with Gasteiger partial charge in [0.1, 0.15) is 11.5 Å². The van der Waals surface area contributed by atoms with Gasteiger partial charge < -0.3 is 4.74 Å². The van der Waals surface area contributed by atoms with Crippen molar-refractivity contribution in [3.8, 4) is 11.8 Å². The third kappa shape index (κ3) is 4.26. The molecular formula is C16H19NO2. The van der Waals surface area contributed by atoms with Crippen LogP contribution in [0.3, 0.4) is 0 Å². The van der Waals surface area contributed by atoms with E-state index in [0.29, 0.717) is 17.7 Å². The number of nitrogens with zero attached hydrogens (tertiary/aromatic N) is 1. The van der Waals surface area contributed by atoms with Crippen LogP contribution in [0.1, 0.15) is 38.3 Å². The highest BCUT2D eigenvalue weighted by Crippen LogP contribution is 2.20. The molecule has 0 saturated heterocycles. The van der Waals surface area contributed by atoms with Gasteiger partial charge >= 0.3 is 0 Å². The monoisotopic (exact) mass is 257 g/mol. The molecule has 0 heterocycles. The Morgan fingerprint density at radius 1 is 1.42 bits per heavy atom. The minimum absolute atomic E-state index is 0.177. The maximum atomic E-state index is 11.8. The molecule has 0 saturated carbocycles. The zero-order chi connectivity index (χ0) is 14.5. The number of ether oxygens (including phenoxy) is 1. The number of methoxy groups -OCH3 is 1. The molecule has 0 spiro atoms. The van der Waals surface area contributed by atoms with Crippen LogP contribution in [0.15, 0.2) is 24.3 Å². The molecule has 3 nitrogen and oxygen atoms in total. The zero-order valence-electron chi connectivity index (χ0n) is 11.9. The molecule has 3 heteroatoms. The first-order valence-corrected chi connectivity index (χ1v) is 6.16. The van der Waals surface area contributed by atoms with E-state index < -0.39 is 0 Å². The van der Waals surface area contributed by atoms with Crippen molar-refractivity contribution in [1.82, 2.24) is 0 Å². The van der Waals surface area contributed by atoms with E-state index in [2.05, 4.69) is 6.07 Å². The molecule has 19 heavy (non-hydrogen) atoms. The summed E-state index contributed by atoms with van der Waals surface area (Å²) in [6.45, 7) is 5.70. The van der Waals surface area contributed by atoms with E-state index in [0.717, 1.165) is 5.56 Å². The first-order chi connectivity index (χ1) is 8.88. The summed E-state index contributed by atoms with van der Waals surface area (Å²) in [5.74, 6) is 0.829. The minimum Gasteiger partial charge on any atom is -0.497 e. The number of ketones is 1. The number of hydrogen-bond acceptors (Lipinski definition) is 3. The summed E-state index contributed by atoms with van der Waals surface area (Å²) in [6, 6.07) is 7.42. The standard InChI is InChI=1S/C16H19NO2/c1-16(2,3)15(18)7-5-6-12-8-9-14(19-4)10-13(12)11-17/h5-6,8-10H,7H2,1-4H3/b6-5+. The van der Waals surface area contributed by atoms with Gasteiger partial charge in [-0.25, -0.2) is 0 Å². The van der Waals surface area contributed by atoms with Gasteiger partial charge in [0.15, 0.2) is 0 Å². The van der Waals surface area contributed by atoms with E-state index in [-0.39, 0.29) is 11.2 Å². The van der Waals surface area contributed by atoms with Gasteiger partial charge in [0, 0.05) is 11.8 Å². The fourth-order valence-electron chi connectivity index (χ4n) is 1.50. The predicted molar refractivity (Wildman–Crippen MR) is 75.8 cm³/mol. The molecule has 100 valence electrons. The Morgan fingerprint density at radius 3 is 2.63 bits per heavy atom. The summed E-state index contributed by atoms with van der Waals surface area (Å²) >= 11 is 0. The smallest absolute Gasteiger partial charge is 0.141 e. The van der Waals surface area contributed by atoms with Crippen LogP contribution in [-0.4, -0.2) is 12.9 Å². The molecule has 0 unspecified atom stereocenters. The Labute approximate surface area is 114 Å². The van der Waals surface area contributed by atoms with Gasteiger partial charge in [0.25, 0.3) is 0 Å². The summed E-state index contributed by atoms with van der Waals surface area (Å²) < 4.78 is 5.07. The van der Waals surface area contributed by atoms with Crippen molar-refractivity contribution in [3.05, 3.63) is 35.4 Å². The molecule has 0 fully saturated rings. The Kier molecular flexibility index (Phi) is 4.88. The quantitative estimate of drug-likeness (QED) is 0.828. The third-order valence-corrected chi connectivity index (χ3v) is 2.82. The van der Waals surface area contributed by atoms with Crippen LogP contribution in [0.5, 0.6) is 5.75 Å². The van der Waals surface area contributed by atoms with Crippen molar-refractivity contribution in [2.75, 3.05) is 7.11 Å². The number of benzene rings is 1. The van der Waals surface area contributed by atoms with E-state index >= 15 is 0 Å². The molecule has 0 aliphatic heterocycles. The van der Waals surface area contributed by atoms with Crippen LogP contribution in [0, 0.1) is 16.7 Å². The molecule has 0 amide bonds. The minimum atomic E-state index is -0.331. The van der Waals surface area contributed by atoms with Crippen molar-refractivity contribution in [3.63, 3.8) is 0 Å². The number of carbonyl (C=O) groups excluding carboxylic acids is 1. The van der Waals surface area contributed by atoms with E-state index in [1.165, 1.54) is 0 Å². The largest absolute Gasteiger partial charge is 0.497 e. The van der Waals surface area contributed by atoms with Crippen LogP contribution in [-0.2, 0) is 4.79 Å². The fraction of sp³-hybridized carbons (Fsp3) is 0.375. The fourth-order valence-corrected chi connectivity index (χ4v) is 1.50. The van der Waals surface area contributed by atoms with Gasteiger partial charge in [0.2, 0.25) is 0 Å². The van der Waals surface area contributed by atoms with Crippen molar-refractivity contribution in [2.24, 2.45) is 5.41 Å². The summed E-state index contributed by atoms with van der Waals surface area (Å²) in [6.07, 6.45) is 3.98. The Balaban J connectivity index is 2.83. The average Bonchev–Trinajstić information content (AvgIpc) is 2.37. The van der Waals surface area contributed by atoms with Crippen LogP contribution >= 0.6 is 0 Å². The second kappa shape index (κ2) is 6.19. The number of rotatable bonds is 4. The average molecular weight is 257 g/mol. The molecule has 0 aliphatic rings. The highest BCUT2D eigenvalue weighted by molar-refractivity contribution is 5.85. The van der Waals surface area contributed by atoms with E-state index in [9.17, 15) is 4.79 Å². The van der Waals surface area contributed by atoms with Gasteiger partial charge in [-0.1, -0.05) is 32.9 Å². The van der Waals surface area contributed by atoms with Gasteiger partial charge in [-0.3, -0.25) is 4.79 Å². The number of hydrogen-bond donors (Lipinski definition) is 0. The number of allylic oxidation sites excluding steroid dienone is 1. The number of carbonyl (C=O) groups is 1. The molecule has 0 radical (unpaired) electrons. The Bertz CT molecular complexity index is 531. The van der Waals surface area contributed by atoms with Crippen molar-refractivity contribution >= 4 is 11.9 Å². The Hall–Kier alpha value is -2.08. The summed E-state index contributed by atoms with van der Waals surface area (Å²) in [7, 11) is 1.56. The topological polar surface area (TPSA) is 50.1 Å². The maximum Gasteiger partial charge on any atom is 0.141 e. The first kappa shape index (κ1) is 15.0. The lowest BCUT2D eigenvalue weighted by molar-refractivity contribution is -0.125. The third-order valence-electron chi connectivity index (χ3n) is 2.82. The summed E-state index contributed by atoms with van der Waals surface area (Å²) in [5.41, 5.74) is 1.01. The Morgan fingerprint density at radius 2 is 2.11 bits per heavy atom. The van der Waals surface area contributed by atoms with Crippen molar-refractivity contribution in [1.29, 1.82) is 5.26 Å². The predicted octanol–water partition coefficient (Wildman–Crippen LogP) is 3.59. The molecule has 1 aromatic rings. The van der Waals surface area contributed by atoms with E-state index in [1.807, 2.05) is 32.9 Å². The molecule has 0 atom stereocenters. The van der Waals surface area contributed by atoms with Crippen molar-refractivity contribution in [2.45, 2.75) is 27.2 Å². The van der Waals surface area contributed by atoms with E-state index in [4.69, 9.17) is 10.00 Å². The molecule has 1 aromatic carbocycles. The number of Topliss-reactive ketones (excluding diaryl/α,β-unsaturated/α-hetero) is 1. The number of nitriles is 1. The van der Waals surface area contributed by atoms with Crippen molar-refractivity contribution < 1.29 is 9.53 Å². The molecule has 0 aliphatic carbocycles. The maximum absolute atomic E-state index is 11.8. The van der Waals surface area contributed by atoms with Crippen LogP contribution in [0.2, 0.25) is 0 Å². The normalized spacial score (nSPS) is 11.3. The second-order valence-corrected chi connectivity index (χ2v) is 5.34. The highest BCUT2D eigenvalue weighted by Gasteiger charge is 2.19. The van der Waals surface area contributed by atoms with Crippen LogP contribution in [0.4, 0.5) is 0 Å². The summed E-state index contributed by atoms with van der Waals surface area (Å²) in [5, 5.41) is 9.07. The molecule has 0 bridgehead atoms. The second-order valence-electron chi connectivity index (χ2n) is 5.34. The SMILES string of the molecule is COc1ccc(/C=C/CC(=O)C(C)(C)C)c(C#N)c1. The van der Waals surface area contributed by atoms with Gasteiger partial charge in [-0.2, -0.15) is 5.26 Å². The van der Waals surface area contributed by atoms with Gasteiger partial charge in [-0.15, -0.1) is 0 Å². The van der Waals surface area contributed by atoms with Gasteiger partial charge in [-0.05, 0) is 23.8 Å². The first-order valence-electron chi connectivity index (χ1n) is 6.16. The molecule has 0 N–H and O–H groups in total. The zero-order valence-corrected chi connectivity index (χ0v) is 11.9. The lowest BCUT2D eigenvalue weighted by atomic mass is 9.89. The lowest BCUT2D eigenvalue weighted by Crippen LogP contribution is -2.18. The lowest BCUT2D eigenvalue weighted by Gasteiger charge is -2.14. The van der Waals surface area contributed by atoms with E-state index in [1.54, 1.807) is 25.3 Å². The molecule has 0 aromatic heterocycles.